The van der Waals surface area contributed by atoms with Gasteiger partial charge in [-0.2, -0.15) is 0 Å². The highest BCUT2D eigenvalue weighted by Gasteiger charge is 2.32. The molecule has 0 fully saturated rings. The largest absolute Gasteiger partial charge is 0.394 e. The summed E-state index contributed by atoms with van der Waals surface area (Å²) in [5, 5.41) is 1.21. The van der Waals surface area contributed by atoms with Gasteiger partial charge in [0.2, 0.25) is 0 Å². The average Bonchev–Trinajstić information content (AvgIpc) is 2.17. The van der Waals surface area contributed by atoms with Gasteiger partial charge in [0.1, 0.15) is 0 Å². The average molecular weight is 196 g/mol. The van der Waals surface area contributed by atoms with Crippen molar-refractivity contribution in [2.45, 2.75) is 13.5 Å². The van der Waals surface area contributed by atoms with Crippen LogP contribution in [0.25, 0.3) is 0 Å². The lowest BCUT2D eigenvalue weighted by molar-refractivity contribution is 0.265. The topological polar surface area (TPSA) is 18.5 Å². The molecule has 1 rings (SSSR count). The molecule has 0 saturated carbocycles. The molecule has 0 radical (unpaired) electrons. The van der Waals surface area contributed by atoms with Crippen molar-refractivity contribution < 1.29 is 8.85 Å². The first-order valence-electron chi connectivity index (χ1n) is 4.30. The van der Waals surface area contributed by atoms with E-state index >= 15 is 0 Å². The minimum atomic E-state index is -2.12. The molecule has 0 atom stereocenters. The number of benzene rings is 1. The van der Waals surface area contributed by atoms with Crippen LogP contribution in [-0.2, 0) is 8.85 Å². The maximum atomic E-state index is 5.47. The van der Waals surface area contributed by atoms with E-state index in [0.29, 0.717) is 0 Å². The number of hydrogen-bond donors (Lipinski definition) is 0. The van der Waals surface area contributed by atoms with Crippen LogP contribution in [0, 0.1) is 6.92 Å². The summed E-state index contributed by atoms with van der Waals surface area (Å²) in [6, 6.07) is 8.21. The zero-order valence-corrected chi connectivity index (χ0v) is 9.63. The van der Waals surface area contributed by atoms with Crippen LogP contribution in [0.3, 0.4) is 0 Å². The van der Waals surface area contributed by atoms with Crippen LogP contribution >= 0.6 is 0 Å². The molecule has 1 aromatic rings. The second kappa shape index (κ2) is 4.04. The zero-order valence-electron chi connectivity index (χ0n) is 8.63. The third-order valence-electron chi connectivity index (χ3n) is 2.41. The highest BCUT2D eigenvalue weighted by atomic mass is 28.4. The predicted molar refractivity (Wildman–Crippen MR) is 56.4 cm³/mol. The molecule has 0 aliphatic carbocycles. The third kappa shape index (κ3) is 1.99. The molecule has 72 valence electrons. The lowest BCUT2D eigenvalue weighted by Crippen LogP contribution is -2.50. The second-order valence-corrected chi connectivity index (χ2v) is 6.42. The van der Waals surface area contributed by atoms with Crippen LogP contribution < -0.4 is 5.19 Å². The Kier molecular flexibility index (Phi) is 3.25. The van der Waals surface area contributed by atoms with Crippen LogP contribution in [0.5, 0.6) is 0 Å². The molecule has 0 heterocycles. The van der Waals surface area contributed by atoms with Gasteiger partial charge in [-0.1, -0.05) is 24.3 Å². The summed E-state index contributed by atoms with van der Waals surface area (Å²) in [7, 11) is 1.30. The Morgan fingerprint density at radius 3 is 2.08 bits per heavy atom. The SMILES string of the molecule is CO[Si](C)(OC)c1ccccc1C. The summed E-state index contributed by atoms with van der Waals surface area (Å²) in [6.45, 7) is 4.13. The number of hydrogen-bond acceptors (Lipinski definition) is 2. The van der Waals surface area contributed by atoms with Gasteiger partial charge in [0.15, 0.2) is 0 Å². The smallest absolute Gasteiger partial charge is 0.369 e. The van der Waals surface area contributed by atoms with E-state index in [-0.39, 0.29) is 0 Å². The summed E-state index contributed by atoms with van der Waals surface area (Å²) >= 11 is 0. The molecule has 0 aliphatic rings. The molecule has 0 saturated heterocycles. The van der Waals surface area contributed by atoms with E-state index < -0.39 is 8.56 Å². The highest BCUT2D eigenvalue weighted by molar-refractivity contribution is 6.80. The van der Waals surface area contributed by atoms with Crippen molar-refractivity contribution in [2.75, 3.05) is 14.2 Å². The maximum Gasteiger partial charge on any atom is 0.369 e. The van der Waals surface area contributed by atoms with Crippen molar-refractivity contribution in [3.8, 4) is 0 Å². The van der Waals surface area contributed by atoms with E-state index in [0.717, 1.165) is 0 Å². The fourth-order valence-corrected chi connectivity index (χ4v) is 3.19. The molecular weight excluding hydrogens is 180 g/mol. The summed E-state index contributed by atoms with van der Waals surface area (Å²) in [5.74, 6) is 0. The highest BCUT2D eigenvalue weighted by Crippen LogP contribution is 2.08. The molecule has 0 amide bonds. The fraction of sp³-hybridized carbons (Fsp3) is 0.400. The molecule has 0 unspecified atom stereocenters. The van der Waals surface area contributed by atoms with E-state index in [1.807, 2.05) is 12.1 Å². The van der Waals surface area contributed by atoms with E-state index in [1.165, 1.54) is 10.8 Å². The number of rotatable bonds is 3. The molecule has 0 aromatic heterocycles. The first-order valence-corrected chi connectivity index (χ1v) is 6.62. The predicted octanol–water partition coefficient (Wildman–Crippen LogP) is 1.57. The molecule has 2 nitrogen and oxygen atoms in total. The van der Waals surface area contributed by atoms with Crippen molar-refractivity contribution in [3.05, 3.63) is 29.8 Å². The quantitative estimate of drug-likeness (QED) is 0.683. The molecule has 0 spiro atoms. The Labute approximate surface area is 80.7 Å². The van der Waals surface area contributed by atoms with E-state index in [9.17, 15) is 0 Å². The summed E-state index contributed by atoms with van der Waals surface area (Å²) < 4.78 is 10.9. The first-order chi connectivity index (χ1) is 6.14. The maximum absolute atomic E-state index is 5.47. The van der Waals surface area contributed by atoms with Gasteiger partial charge in [0, 0.05) is 14.2 Å². The van der Waals surface area contributed by atoms with Crippen LogP contribution in [-0.4, -0.2) is 22.8 Å². The monoisotopic (exact) mass is 196 g/mol. The molecule has 1 aromatic carbocycles. The molecule has 13 heavy (non-hydrogen) atoms. The van der Waals surface area contributed by atoms with Crippen molar-refractivity contribution in [2.24, 2.45) is 0 Å². The minimum absolute atomic E-state index is 1.21. The Morgan fingerprint density at radius 1 is 1.08 bits per heavy atom. The van der Waals surface area contributed by atoms with Crippen molar-refractivity contribution in [1.29, 1.82) is 0 Å². The Balaban J connectivity index is 3.12. The summed E-state index contributed by atoms with van der Waals surface area (Å²) in [6.07, 6.45) is 0. The zero-order chi connectivity index (χ0) is 9.90. The van der Waals surface area contributed by atoms with Crippen LogP contribution in [0.4, 0.5) is 0 Å². The third-order valence-corrected chi connectivity index (χ3v) is 5.51. The normalized spacial score (nSPS) is 11.7. The van der Waals surface area contributed by atoms with Gasteiger partial charge in [-0.15, -0.1) is 0 Å². The van der Waals surface area contributed by atoms with Crippen LogP contribution in [0.2, 0.25) is 6.55 Å². The molecular formula is C10H16O2Si. The lowest BCUT2D eigenvalue weighted by Gasteiger charge is -2.24. The second-order valence-electron chi connectivity index (χ2n) is 3.17. The lowest BCUT2D eigenvalue weighted by atomic mass is 10.2. The van der Waals surface area contributed by atoms with Crippen LogP contribution in [0.15, 0.2) is 24.3 Å². The van der Waals surface area contributed by atoms with Crippen LogP contribution in [0.1, 0.15) is 5.56 Å². The fourth-order valence-electron chi connectivity index (χ4n) is 1.39. The molecule has 0 N–H and O–H groups in total. The van der Waals surface area contributed by atoms with E-state index in [2.05, 4.69) is 25.6 Å². The Hall–Kier alpha value is -0.643. The Bertz CT molecular complexity index is 282. The standard InChI is InChI=1S/C10H16O2Si/c1-9-7-5-6-8-10(9)13(4,11-2)12-3/h5-8H,1-4H3. The first kappa shape index (κ1) is 10.4. The van der Waals surface area contributed by atoms with Gasteiger partial charge in [-0.25, -0.2) is 0 Å². The minimum Gasteiger partial charge on any atom is -0.394 e. The molecule has 0 aliphatic heterocycles. The van der Waals surface area contributed by atoms with Gasteiger partial charge in [0.25, 0.3) is 0 Å². The molecule has 0 bridgehead atoms. The summed E-state index contributed by atoms with van der Waals surface area (Å²) in [4.78, 5) is 0. The molecule has 3 heteroatoms. The van der Waals surface area contributed by atoms with Crippen molar-refractivity contribution >= 4 is 13.7 Å². The van der Waals surface area contributed by atoms with Gasteiger partial charge in [-0.05, 0) is 24.2 Å². The van der Waals surface area contributed by atoms with Gasteiger partial charge >= 0.3 is 8.56 Å². The van der Waals surface area contributed by atoms with Gasteiger partial charge < -0.3 is 8.85 Å². The Morgan fingerprint density at radius 2 is 1.62 bits per heavy atom. The number of aryl methyl sites for hydroxylation is 1. The van der Waals surface area contributed by atoms with E-state index in [1.54, 1.807) is 14.2 Å². The summed E-state index contributed by atoms with van der Waals surface area (Å²) in [5.41, 5.74) is 1.24. The van der Waals surface area contributed by atoms with Crippen molar-refractivity contribution in [3.63, 3.8) is 0 Å². The van der Waals surface area contributed by atoms with E-state index in [4.69, 9.17) is 8.85 Å². The van der Waals surface area contributed by atoms with Crippen molar-refractivity contribution in [1.82, 2.24) is 0 Å². The van der Waals surface area contributed by atoms with Gasteiger partial charge in [-0.3, -0.25) is 0 Å². The van der Waals surface area contributed by atoms with Gasteiger partial charge in [0.05, 0.1) is 0 Å².